The van der Waals surface area contributed by atoms with Gasteiger partial charge in [0.15, 0.2) is 0 Å². The van der Waals surface area contributed by atoms with E-state index in [4.69, 9.17) is 11.6 Å². The van der Waals surface area contributed by atoms with E-state index >= 15 is 0 Å². The summed E-state index contributed by atoms with van der Waals surface area (Å²) in [4.78, 5) is 4.07. The molecule has 0 spiro atoms. The lowest BCUT2D eigenvalue weighted by molar-refractivity contribution is -0.0328. The van der Waals surface area contributed by atoms with Crippen molar-refractivity contribution in [2.75, 3.05) is 0 Å². The molecule has 0 fully saturated rings. The maximum absolute atomic E-state index is 12.1. The molecule has 1 aromatic heterocycles. The number of halogens is 4. The number of nitrogens with zero attached hydrogens (tertiary/aromatic N) is 1. The Labute approximate surface area is 98.6 Å². The van der Waals surface area contributed by atoms with Crippen molar-refractivity contribution in [3.8, 4) is 0 Å². The first kappa shape index (κ1) is 11.5. The highest BCUT2D eigenvalue weighted by molar-refractivity contribution is 8.00. The van der Waals surface area contributed by atoms with E-state index in [0.717, 1.165) is 0 Å². The molecule has 0 aliphatic heterocycles. The lowest BCUT2D eigenvalue weighted by atomic mass is 10.2. The normalized spacial score (nSPS) is 12.0. The molecule has 16 heavy (non-hydrogen) atoms. The van der Waals surface area contributed by atoms with Crippen molar-refractivity contribution in [3.63, 3.8) is 0 Å². The predicted octanol–water partition coefficient (Wildman–Crippen LogP) is 4.50. The second-order valence-corrected chi connectivity index (χ2v) is 4.57. The van der Waals surface area contributed by atoms with Gasteiger partial charge in [-0.15, -0.1) is 0 Å². The third kappa shape index (κ3) is 2.59. The summed E-state index contributed by atoms with van der Waals surface area (Å²) in [6, 6.07) is 5.90. The molecule has 0 aliphatic carbocycles. The lowest BCUT2D eigenvalue weighted by Crippen LogP contribution is -1.98. The topological polar surface area (TPSA) is 12.9 Å². The van der Waals surface area contributed by atoms with Crippen LogP contribution in [0.5, 0.6) is 0 Å². The molecule has 0 atom stereocenters. The van der Waals surface area contributed by atoms with Gasteiger partial charge in [0.2, 0.25) is 0 Å². The summed E-state index contributed by atoms with van der Waals surface area (Å²) in [5.41, 5.74) is -3.83. The van der Waals surface area contributed by atoms with E-state index < -0.39 is 5.51 Å². The average molecular weight is 264 g/mol. The second kappa shape index (κ2) is 4.14. The predicted molar refractivity (Wildman–Crippen MR) is 58.7 cm³/mol. The first-order chi connectivity index (χ1) is 7.46. The van der Waals surface area contributed by atoms with Gasteiger partial charge in [-0.05, 0) is 30.0 Å². The zero-order valence-corrected chi connectivity index (χ0v) is 9.33. The first-order valence-corrected chi connectivity index (χ1v) is 5.45. The van der Waals surface area contributed by atoms with Gasteiger partial charge in [-0.1, -0.05) is 17.7 Å². The molecule has 1 heterocycles. The number of fused-ring (bicyclic) bond motifs is 1. The highest BCUT2D eigenvalue weighted by atomic mass is 35.5. The first-order valence-electron chi connectivity index (χ1n) is 4.26. The maximum Gasteiger partial charge on any atom is 0.446 e. The fourth-order valence-electron chi connectivity index (χ4n) is 1.29. The molecule has 0 saturated carbocycles. The number of rotatable bonds is 1. The Morgan fingerprint density at radius 3 is 2.62 bits per heavy atom. The summed E-state index contributed by atoms with van der Waals surface area (Å²) in [5, 5.41) is 1.13. The Kier molecular flexibility index (Phi) is 2.99. The zero-order valence-electron chi connectivity index (χ0n) is 7.75. The van der Waals surface area contributed by atoms with Gasteiger partial charge in [0.25, 0.3) is 0 Å². The standard InChI is InChI=1S/C10H5ClF3NS/c11-8-3-4-15-9-5-6(1-2-7(8)9)16-10(12,13)14/h1-5H. The van der Waals surface area contributed by atoms with E-state index in [1.54, 1.807) is 12.1 Å². The Hall–Kier alpha value is -0.940. The third-order valence-corrected chi connectivity index (χ3v) is 2.95. The molecule has 0 bridgehead atoms. The van der Waals surface area contributed by atoms with Crippen molar-refractivity contribution >= 4 is 34.3 Å². The van der Waals surface area contributed by atoms with Gasteiger partial charge < -0.3 is 0 Å². The number of benzene rings is 1. The van der Waals surface area contributed by atoms with Crippen molar-refractivity contribution in [1.29, 1.82) is 0 Å². The molecule has 84 valence electrons. The Bertz CT molecular complexity index is 527. The van der Waals surface area contributed by atoms with Crippen LogP contribution in [-0.2, 0) is 0 Å². The van der Waals surface area contributed by atoms with Crippen molar-refractivity contribution in [1.82, 2.24) is 4.98 Å². The molecule has 6 heteroatoms. The number of thioether (sulfide) groups is 1. The Balaban J connectivity index is 2.45. The molecule has 2 aromatic rings. The van der Waals surface area contributed by atoms with Gasteiger partial charge >= 0.3 is 5.51 Å². The van der Waals surface area contributed by atoms with Crippen LogP contribution in [-0.4, -0.2) is 10.5 Å². The van der Waals surface area contributed by atoms with Gasteiger partial charge in [-0.25, -0.2) is 0 Å². The third-order valence-electron chi connectivity index (χ3n) is 1.89. The van der Waals surface area contributed by atoms with Crippen LogP contribution in [0.3, 0.4) is 0 Å². The molecule has 1 nitrogen and oxygen atoms in total. The molecule has 0 N–H and O–H groups in total. The van der Waals surface area contributed by atoms with Crippen LogP contribution < -0.4 is 0 Å². The summed E-state index contributed by atoms with van der Waals surface area (Å²) >= 11 is 5.71. The molecule has 0 radical (unpaired) electrons. The summed E-state index contributed by atoms with van der Waals surface area (Å²) in [6.07, 6.45) is 1.46. The largest absolute Gasteiger partial charge is 0.446 e. The summed E-state index contributed by atoms with van der Waals surface area (Å²) in [5.74, 6) is 0. The van der Waals surface area contributed by atoms with Crippen molar-refractivity contribution < 1.29 is 13.2 Å². The number of aromatic nitrogens is 1. The molecular weight excluding hydrogens is 259 g/mol. The van der Waals surface area contributed by atoms with Crippen LogP contribution >= 0.6 is 23.4 Å². The molecule has 0 aliphatic rings. The fourth-order valence-corrected chi connectivity index (χ4v) is 2.08. The average Bonchev–Trinajstić information content (AvgIpc) is 2.15. The minimum Gasteiger partial charge on any atom is -0.256 e. The monoisotopic (exact) mass is 263 g/mol. The zero-order chi connectivity index (χ0) is 11.8. The molecule has 0 amide bonds. The number of pyridine rings is 1. The Morgan fingerprint density at radius 1 is 1.19 bits per heavy atom. The highest BCUT2D eigenvalue weighted by Gasteiger charge is 2.29. The van der Waals surface area contributed by atoms with Crippen LogP contribution in [0.15, 0.2) is 35.4 Å². The van der Waals surface area contributed by atoms with Crippen LogP contribution in [0.2, 0.25) is 5.02 Å². The molecule has 2 rings (SSSR count). The smallest absolute Gasteiger partial charge is 0.256 e. The van der Waals surface area contributed by atoms with Crippen LogP contribution in [0.25, 0.3) is 10.9 Å². The van der Waals surface area contributed by atoms with Crippen LogP contribution in [0.1, 0.15) is 0 Å². The molecule has 1 aromatic carbocycles. The van der Waals surface area contributed by atoms with Crippen LogP contribution in [0.4, 0.5) is 13.2 Å². The summed E-state index contributed by atoms with van der Waals surface area (Å²) < 4.78 is 36.4. The van der Waals surface area contributed by atoms with Gasteiger partial charge in [-0.2, -0.15) is 13.2 Å². The summed E-state index contributed by atoms with van der Waals surface area (Å²) in [7, 11) is 0. The second-order valence-electron chi connectivity index (χ2n) is 3.02. The maximum atomic E-state index is 12.1. The van der Waals surface area contributed by atoms with Crippen molar-refractivity contribution in [2.24, 2.45) is 0 Å². The molecule has 0 saturated heterocycles. The fraction of sp³-hybridized carbons (Fsp3) is 0.100. The molecule has 0 unspecified atom stereocenters. The van der Waals surface area contributed by atoms with E-state index in [2.05, 4.69) is 4.98 Å². The van der Waals surface area contributed by atoms with E-state index in [-0.39, 0.29) is 16.7 Å². The van der Waals surface area contributed by atoms with Gasteiger partial charge in [0.1, 0.15) is 0 Å². The summed E-state index contributed by atoms with van der Waals surface area (Å²) in [6.45, 7) is 0. The van der Waals surface area contributed by atoms with Crippen molar-refractivity contribution in [2.45, 2.75) is 10.4 Å². The highest BCUT2D eigenvalue weighted by Crippen LogP contribution is 2.38. The van der Waals surface area contributed by atoms with E-state index in [0.29, 0.717) is 15.9 Å². The van der Waals surface area contributed by atoms with Crippen LogP contribution in [0, 0.1) is 0 Å². The van der Waals surface area contributed by atoms with E-state index in [1.165, 1.54) is 18.3 Å². The minimum atomic E-state index is -4.29. The van der Waals surface area contributed by atoms with E-state index in [1.807, 2.05) is 0 Å². The number of hydrogen-bond acceptors (Lipinski definition) is 2. The van der Waals surface area contributed by atoms with Crippen molar-refractivity contribution in [3.05, 3.63) is 35.5 Å². The number of alkyl halides is 3. The van der Waals surface area contributed by atoms with E-state index in [9.17, 15) is 13.2 Å². The van der Waals surface area contributed by atoms with Gasteiger partial charge in [0, 0.05) is 16.5 Å². The quantitative estimate of drug-likeness (QED) is 0.703. The Morgan fingerprint density at radius 2 is 1.94 bits per heavy atom. The molecular formula is C10H5ClF3NS. The van der Waals surface area contributed by atoms with Gasteiger partial charge in [0.05, 0.1) is 10.5 Å². The number of hydrogen-bond donors (Lipinski definition) is 0. The SMILES string of the molecule is FC(F)(F)Sc1ccc2c(Cl)ccnc2c1. The lowest BCUT2D eigenvalue weighted by Gasteiger charge is -2.06. The van der Waals surface area contributed by atoms with Gasteiger partial charge in [-0.3, -0.25) is 4.98 Å². The minimum absolute atomic E-state index is 0.106.